The van der Waals surface area contributed by atoms with Crippen molar-refractivity contribution in [3.63, 3.8) is 0 Å². The summed E-state index contributed by atoms with van der Waals surface area (Å²) in [6.45, 7) is 1.98. The Hall–Kier alpha value is -3.07. The molecule has 2 aliphatic rings. The number of nitrogens with zero attached hydrogens (tertiary/aromatic N) is 3. The zero-order chi connectivity index (χ0) is 21.6. The molecule has 1 N–H and O–H groups in total. The van der Waals surface area contributed by atoms with Crippen molar-refractivity contribution in [1.82, 2.24) is 14.3 Å². The molecule has 156 valence electrons. The number of rotatable bonds is 5. The molecule has 0 radical (unpaired) electrons. The Bertz CT molecular complexity index is 1290. The number of pyridine rings is 1. The minimum absolute atomic E-state index is 0.0930. The van der Waals surface area contributed by atoms with Gasteiger partial charge in [0.2, 0.25) is 5.43 Å². The molecule has 30 heavy (non-hydrogen) atoms. The quantitative estimate of drug-likeness (QED) is 0.734. The fourth-order valence-corrected chi connectivity index (χ4v) is 4.26. The monoisotopic (exact) mass is 432 g/mol. The third-order valence-corrected chi connectivity index (χ3v) is 5.85. The van der Waals surface area contributed by atoms with Crippen molar-refractivity contribution in [1.29, 1.82) is 0 Å². The molecule has 0 bridgehead atoms. The topological polar surface area (TPSA) is 102 Å². The van der Waals surface area contributed by atoms with Gasteiger partial charge in [0.1, 0.15) is 16.9 Å². The summed E-state index contributed by atoms with van der Waals surface area (Å²) in [5, 5.41) is 5.41. The first-order chi connectivity index (χ1) is 14.4. The summed E-state index contributed by atoms with van der Waals surface area (Å²) >= 11 is 5.84. The molecule has 0 saturated carbocycles. The molecule has 0 unspecified atom stereocenters. The number of aryl methyl sites for hydroxylation is 3. The zero-order valence-corrected chi connectivity index (χ0v) is 16.9. The fourth-order valence-electron chi connectivity index (χ4n) is 4.03. The molecule has 1 amide bonds. The van der Waals surface area contributed by atoms with E-state index in [0.29, 0.717) is 43.6 Å². The van der Waals surface area contributed by atoms with Crippen LogP contribution in [0.5, 0.6) is 0 Å². The summed E-state index contributed by atoms with van der Waals surface area (Å²) in [5.41, 5.74) is -1.09. The van der Waals surface area contributed by atoms with E-state index in [1.165, 1.54) is 8.97 Å². The van der Waals surface area contributed by atoms with Crippen LogP contribution in [0.3, 0.4) is 0 Å². The summed E-state index contributed by atoms with van der Waals surface area (Å²) < 4.78 is 17.0. The second-order valence-electron chi connectivity index (χ2n) is 7.16. The van der Waals surface area contributed by atoms with Crippen LogP contribution in [-0.2, 0) is 19.4 Å². The van der Waals surface area contributed by atoms with Gasteiger partial charge in [-0.15, -0.1) is 4.91 Å². The first-order valence-corrected chi connectivity index (χ1v) is 9.95. The maximum Gasteiger partial charge on any atom is 0.277 e. The van der Waals surface area contributed by atoms with Gasteiger partial charge in [0.15, 0.2) is 5.69 Å². The molecule has 1 aliphatic carbocycles. The highest BCUT2D eigenvalue weighted by molar-refractivity contribution is 6.30. The van der Waals surface area contributed by atoms with E-state index in [0.717, 1.165) is 0 Å². The van der Waals surface area contributed by atoms with Crippen LogP contribution in [0.2, 0.25) is 0 Å². The Morgan fingerprint density at radius 1 is 1.30 bits per heavy atom. The van der Waals surface area contributed by atoms with Crippen LogP contribution < -0.4 is 16.3 Å². The SMILES string of the molecule is CCn1cc2n3c(c(C(=O)NCC4=CCCC(Cl)=C4F)c(=O)c(N=O)c3c1=O)CC2. The minimum Gasteiger partial charge on any atom is -0.348 e. The van der Waals surface area contributed by atoms with Crippen LogP contribution in [0.25, 0.3) is 5.52 Å². The van der Waals surface area contributed by atoms with Gasteiger partial charge < -0.3 is 14.3 Å². The van der Waals surface area contributed by atoms with Gasteiger partial charge in [-0.2, -0.15) is 0 Å². The number of hydrogen-bond donors (Lipinski definition) is 1. The molecule has 0 atom stereocenters. The number of amides is 1. The number of carbonyl (C=O) groups excluding carboxylic acids is 1. The zero-order valence-electron chi connectivity index (χ0n) is 16.1. The van der Waals surface area contributed by atoms with Gasteiger partial charge in [0.25, 0.3) is 11.5 Å². The van der Waals surface area contributed by atoms with E-state index in [1.807, 2.05) is 0 Å². The number of nitrogens with one attached hydrogen (secondary N) is 1. The van der Waals surface area contributed by atoms with Gasteiger partial charge in [0, 0.05) is 36.2 Å². The Morgan fingerprint density at radius 2 is 2.07 bits per heavy atom. The molecule has 8 nitrogen and oxygen atoms in total. The van der Waals surface area contributed by atoms with Crippen LogP contribution in [-0.4, -0.2) is 21.4 Å². The van der Waals surface area contributed by atoms with Crippen molar-refractivity contribution in [2.45, 2.75) is 39.2 Å². The van der Waals surface area contributed by atoms with E-state index in [9.17, 15) is 23.7 Å². The standard InChI is InChI=1S/C20H18ClFN4O4/c1-2-25-9-11-6-7-13-14(18(27)16(24-30)17(20(25)29)26(11)13)19(28)23-8-10-4-3-5-12(21)15(10)22/h4,9H,2-3,5-8H2,1H3,(H,23,28). The summed E-state index contributed by atoms with van der Waals surface area (Å²) in [4.78, 5) is 50.0. The third kappa shape index (κ3) is 3.00. The lowest BCUT2D eigenvalue weighted by atomic mass is 10.0. The second kappa shape index (κ2) is 7.64. The maximum atomic E-state index is 14.1. The number of halogens is 2. The molecular weight excluding hydrogens is 415 g/mol. The predicted molar refractivity (Wildman–Crippen MR) is 110 cm³/mol. The average molecular weight is 433 g/mol. The molecule has 0 fully saturated rings. The highest BCUT2D eigenvalue weighted by atomic mass is 35.5. The van der Waals surface area contributed by atoms with Gasteiger partial charge in [0.05, 0.1) is 5.03 Å². The van der Waals surface area contributed by atoms with E-state index < -0.39 is 28.4 Å². The predicted octanol–water partition coefficient (Wildman–Crippen LogP) is 2.85. The van der Waals surface area contributed by atoms with Crippen LogP contribution in [0, 0.1) is 4.91 Å². The highest BCUT2D eigenvalue weighted by Crippen LogP contribution is 2.29. The van der Waals surface area contributed by atoms with Gasteiger partial charge in [-0.05, 0) is 37.8 Å². The molecule has 2 aromatic heterocycles. The van der Waals surface area contributed by atoms with Crippen molar-refractivity contribution in [3.8, 4) is 0 Å². The van der Waals surface area contributed by atoms with Gasteiger partial charge in [-0.3, -0.25) is 14.4 Å². The molecule has 0 spiro atoms. The fraction of sp³-hybridized carbons (Fsp3) is 0.350. The number of nitroso groups, excluding NO2 is 1. The van der Waals surface area contributed by atoms with E-state index >= 15 is 0 Å². The number of hydrogen-bond acceptors (Lipinski definition) is 5. The van der Waals surface area contributed by atoms with Crippen molar-refractivity contribution in [3.05, 3.63) is 71.1 Å². The second-order valence-corrected chi connectivity index (χ2v) is 7.61. The normalized spacial score (nSPS) is 15.5. The van der Waals surface area contributed by atoms with Crippen molar-refractivity contribution in [2.24, 2.45) is 5.18 Å². The van der Waals surface area contributed by atoms with Crippen molar-refractivity contribution < 1.29 is 9.18 Å². The minimum atomic E-state index is -0.900. The largest absolute Gasteiger partial charge is 0.348 e. The first kappa shape index (κ1) is 20.2. The van der Waals surface area contributed by atoms with Crippen LogP contribution in [0.15, 0.2) is 43.5 Å². The lowest BCUT2D eigenvalue weighted by molar-refractivity contribution is 0.0954. The Labute approximate surface area is 174 Å². The summed E-state index contributed by atoms with van der Waals surface area (Å²) in [5.74, 6) is -1.34. The van der Waals surface area contributed by atoms with Gasteiger partial charge >= 0.3 is 0 Å². The third-order valence-electron chi connectivity index (χ3n) is 5.50. The van der Waals surface area contributed by atoms with E-state index in [1.54, 1.807) is 19.2 Å². The molecule has 0 saturated heterocycles. The molecule has 4 rings (SSSR count). The molecular formula is C20H18ClFN4O4. The first-order valence-electron chi connectivity index (χ1n) is 9.58. The smallest absolute Gasteiger partial charge is 0.277 e. The van der Waals surface area contributed by atoms with Crippen LogP contribution in [0.1, 0.15) is 41.5 Å². The summed E-state index contributed by atoms with van der Waals surface area (Å²) in [7, 11) is 0. The molecule has 3 heterocycles. The van der Waals surface area contributed by atoms with Gasteiger partial charge in [-0.1, -0.05) is 17.7 Å². The molecule has 2 aromatic rings. The average Bonchev–Trinajstić information content (AvgIpc) is 3.14. The molecule has 10 heteroatoms. The van der Waals surface area contributed by atoms with Crippen LogP contribution in [0.4, 0.5) is 10.1 Å². The van der Waals surface area contributed by atoms with E-state index in [4.69, 9.17) is 11.6 Å². The molecule has 1 aliphatic heterocycles. The Balaban J connectivity index is 1.82. The Kier molecular flexibility index (Phi) is 5.15. The number of carbonyl (C=O) groups is 1. The van der Waals surface area contributed by atoms with Crippen molar-refractivity contribution in [2.75, 3.05) is 6.54 Å². The number of allylic oxidation sites excluding steroid dienone is 2. The lowest BCUT2D eigenvalue weighted by Gasteiger charge is -2.15. The van der Waals surface area contributed by atoms with E-state index in [2.05, 4.69) is 10.5 Å². The van der Waals surface area contributed by atoms with Crippen LogP contribution >= 0.6 is 11.6 Å². The van der Waals surface area contributed by atoms with Crippen molar-refractivity contribution >= 4 is 28.7 Å². The Morgan fingerprint density at radius 3 is 2.77 bits per heavy atom. The molecule has 0 aromatic carbocycles. The summed E-state index contributed by atoms with van der Waals surface area (Å²) in [6.07, 6.45) is 5.08. The van der Waals surface area contributed by atoms with Gasteiger partial charge in [-0.25, -0.2) is 4.39 Å². The number of aromatic nitrogens is 2. The lowest BCUT2D eigenvalue weighted by Crippen LogP contribution is -2.34. The summed E-state index contributed by atoms with van der Waals surface area (Å²) in [6, 6.07) is 0. The van der Waals surface area contributed by atoms with E-state index in [-0.39, 0.29) is 28.2 Å². The maximum absolute atomic E-state index is 14.1. The highest BCUT2D eigenvalue weighted by Gasteiger charge is 2.30.